The molecule has 1 unspecified atom stereocenters. The first-order chi connectivity index (χ1) is 5.95. The average Bonchev–Trinajstić information content (AvgIpc) is 1.97. The highest BCUT2D eigenvalue weighted by molar-refractivity contribution is 6.20. The van der Waals surface area contributed by atoms with Crippen LogP contribution in [0.5, 0.6) is 0 Å². The molecule has 0 aromatic rings. The number of methoxy groups -OCH3 is 1. The van der Waals surface area contributed by atoms with Gasteiger partial charge in [-0.05, 0) is 33.6 Å². The normalized spacial score (nSPS) is 14.5. The lowest BCUT2D eigenvalue weighted by Gasteiger charge is -2.19. The van der Waals surface area contributed by atoms with Gasteiger partial charge in [-0.1, -0.05) is 0 Å². The standard InChI is InChI=1S/C10H21ClO2/c1-10(2,3)13-7-5-6-9(11)8-12-4/h9H,5-8H2,1-4H3. The molecule has 0 heterocycles. The zero-order valence-electron chi connectivity index (χ0n) is 9.10. The lowest BCUT2D eigenvalue weighted by atomic mass is 10.2. The molecule has 3 heteroatoms. The van der Waals surface area contributed by atoms with Crippen molar-refractivity contribution >= 4 is 11.6 Å². The molecule has 0 aromatic carbocycles. The second-order valence-electron chi connectivity index (χ2n) is 4.16. The number of hydrogen-bond acceptors (Lipinski definition) is 2. The van der Waals surface area contributed by atoms with Crippen LogP contribution in [0.1, 0.15) is 33.6 Å². The molecule has 0 bridgehead atoms. The van der Waals surface area contributed by atoms with E-state index in [1.165, 1.54) is 0 Å². The van der Waals surface area contributed by atoms with Gasteiger partial charge in [0.05, 0.1) is 17.6 Å². The molecule has 0 amide bonds. The lowest BCUT2D eigenvalue weighted by Crippen LogP contribution is -2.20. The number of halogens is 1. The van der Waals surface area contributed by atoms with E-state index in [1.807, 2.05) is 0 Å². The Morgan fingerprint density at radius 2 is 1.92 bits per heavy atom. The summed E-state index contributed by atoms with van der Waals surface area (Å²) >= 11 is 5.95. The molecule has 2 nitrogen and oxygen atoms in total. The Morgan fingerprint density at radius 3 is 2.38 bits per heavy atom. The summed E-state index contributed by atoms with van der Waals surface area (Å²) in [7, 11) is 1.67. The summed E-state index contributed by atoms with van der Waals surface area (Å²) in [5, 5.41) is 0.119. The maximum absolute atomic E-state index is 5.95. The smallest absolute Gasteiger partial charge is 0.0626 e. The molecule has 80 valence electrons. The van der Waals surface area contributed by atoms with Gasteiger partial charge in [0.25, 0.3) is 0 Å². The van der Waals surface area contributed by atoms with Crippen molar-refractivity contribution in [1.82, 2.24) is 0 Å². The Morgan fingerprint density at radius 1 is 1.31 bits per heavy atom. The van der Waals surface area contributed by atoms with Gasteiger partial charge < -0.3 is 9.47 Å². The lowest BCUT2D eigenvalue weighted by molar-refractivity contribution is -0.00503. The maximum Gasteiger partial charge on any atom is 0.0626 e. The molecule has 0 aliphatic rings. The van der Waals surface area contributed by atoms with Gasteiger partial charge in [-0.3, -0.25) is 0 Å². The van der Waals surface area contributed by atoms with Crippen LogP contribution in [0.2, 0.25) is 0 Å². The average molecular weight is 209 g/mol. The van der Waals surface area contributed by atoms with Crippen LogP contribution >= 0.6 is 11.6 Å². The first-order valence-corrected chi connectivity index (χ1v) is 5.16. The van der Waals surface area contributed by atoms with Crippen molar-refractivity contribution in [2.75, 3.05) is 20.3 Å². The highest BCUT2D eigenvalue weighted by Gasteiger charge is 2.10. The van der Waals surface area contributed by atoms with Crippen LogP contribution in [0.4, 0.5) is 0 Å². The first-order valence-electron chi connectivity index (χ1n) is 4.72. The number of hydrogen-bond donors (Lipinski definition) is 0. The fraction of sp³-hybridized carbons (Fsp3) is 1.00. The second-order valence-corrected chi connectivity index (χ2v) is 4.77. The summed E-state index contributed by atoms with van der Waals surface area (Å²) < 4.78 is 10.5. The Kier molecular flexibility index (Phi) is 6.74. The van der Waals surface area contributed by atoms with E-state index in [4.69, 9.17) is 21.1 Å². The molecule has 13 heavy (non-hydrogen) atoms. The van der Waals surface area contributed by atoms with E-state index >= 15 is 0 Å². The minimum atomic E-state index is -0.0386. The molecular formula is C10H21ClO2. The number of alkyl halides is 1. The second kappa shape index (κ2) is 6.63. The van der Waals surface area contributed by atoms with Gasteiger partial charge in [-0.2, -0.15) is 0 Å². The fourth-order valence-electron chi connectivity index (χ4n) is 0.947. The van der Waals surface area contributed by atoms with Crippen LogP contribution in [0, 0.1) is 0 Å². The van der Waals surface area contributed by atoms with Crippen LogP contribution < -0.4 is 0 Å². The third kappa shape index (κ3) is 10.1. The van der Waals surface area contributed by atoms with Crippen molar-refractivity contribution in [3.8, 4) is 0 Å². The fourth-order valence-corrected chi connectivity index (χ4v) is 1.23. The van der Waals surface area contributed by atoms with E-state index in [2.05, 4.69) is 20.8 Å². The van der Waals surface area contributed by atoms with E-state index in [1.54, 1.807) is 7.11 Å². The molecular weight excluding hydrogens is 188 g/mol. The Balaban J connectivity index is 3.25. The molecule has 0 N–H and O–H groups in total. The first kappa shape index (κ1) is 13.2. The van der Waals surface area contributed by atoms with Crippen molar-refractivity contribution < 1.29 is 9.47 Å². The van der Waals surface area contributed by atoms with Gasteiger partial charge in [0.1, 0.15) is 0 Å². The molecule has 0 aliphatic carbocycles. The minimum absolute atomic E-state index is 0.0386. The summed E-state index contributed by atoms with van der Waals surface area (Å²) in [5.74, 6) is 0. The third-order valence-electron chi connectivity index (χ3n) is 1.54. The molecule has 0 aliphatic heterocycles. The zero-order valence-corrected chi connectivity index (χ0v) is 9.86. The summed E-state index contributed by atoms with van der Waals surface area (Å²) in [4.78, 5) is 0. The van der Waals surface area contributed by atoms with E-state index in [0.717, 1.165) is 19.4 Å². The van der Waals surface area contributed by atoms with Crippen LogP contribution in [-0.2, 0) is 9.47 Å². The highest BCUT2D eigenvalue weighted by Crippen LogP contribution is 2.10. The molecule has 1 atom stereocenters. The molecule has 0 spiro atoms. The molecule has 0 saturated heterocycles. The van der Waals surface area contributed by atoms with E-state index < -0.39 is 0 Å². The van der Waals surface area contributed by atoms with E-state index in [-0.39, 0.29) is 11.0 Å². The number of ether oxygens (including phenoxy) is 2. The van der Waals surface area contributed by atoms with Gasteiger partial charge in [0, 0.05) is 13.7 Å². The van der Waals surface area contributed by atoms with Crippen molar-refractivity contribution in [2.45, 2.75) is 44.6 Å². The molecule has 0 rings (SSSR count). The molecule has 0 aromatic heterocycles. The van der Waals surface area contributed by atoms with Gasteiger partial charge in [0.2, 0.25) is 0 Å². The highest BCUT2D eigenvalue weighted by atomic mass is 35.5. The third-order valence-corrected chi connectivity index (χ3v) is 1.89. The van der Waals surface area contributed by atoms with Crippen molar-refractivity contribution in [3.05, 3.63) is 0 Å². The van der Waals surface area contributed by atoms with Crippen LogP contribution in [0.25, 0.3) is 0 Å². The SMILES string of the molecule is COCC(Cl)CCCOC(C)(C)C. The monoisotopic (exact) mass is 208 g/mol. The Hall–Kier alpha value is 0.210. The van der Waals surface area contributed by atoms with Crippen molar-refractivity contribution in [1.29, 1.82) is 0 Å². The zero-order chi connectivity index (χ0) is 10.3. The van der Waals surface area contributed by atoms with E-state index in [9.17, 15) is 0 Å². The van der Waals surface area contributed by atoms with Crippen LogP contribution in [0.3, 0.4) is 0 Å². The van der Waals surface area contributed by atoms with Gasteiger partial charge >= 0.3 is 0 Å². The van der Waals surface area contributed by atoms with E-state index in [0.29, 0.717) is 6.61 Å². The largest absolute Gasteiger partial charge is 0.383 e. The molecule has 0 saturated carbocycles. The Bertz CT molecular complexity index is 121. The van der Waals surface area contributed by atoms with Gasteiger partial charge in [-0.25, -0.2) is 0 Å². The van der Waals surface area contributed by atoms with Gasteiger partial charge in [-0.15, -0.1) is 11.6 Å². The predicted molar refractivity (Wildman–Crippen MR) is 56.5 cm³/mol. The minimum Gasteiger partial charge on any atom is -0.383 e. The van der Waals surface area contributed by atoms with Crippen LogP contribution in [-0.4, -0.2) is 31.3 Å². The quantitative estimate of drug-likeness (QED) is 0.494. The maximum atomic E-state index is 5.95. The summed E-state index contributed by atoms with van der Waals surface area (Å²) in [5.41, 5.74) is -0.0386. The van der Waals surface area contributed by atoms with Crippen molar-refractivity contribution in [2.24, 2.45) is 0 Å². The summed E-state index contributed by atoms with van der Waals surface area (Å²) in [6.07, 6.45) is 1.94. The topological polar surface area (TPSA) is 18.5 Å². The number of rotatable bonds is 6. The molecule has 0 fully saturated rings. The van der Waals surface area contributed by atoms with Crippen LogP contribution in [0.15, 0.2) is 0 Å². The molecule has 0 radical (unpaired) electrons. The van der Waals surface area contributed by atoms with Crippen molar-refractivity contribution in [3.63, 3.8) is 0 Å². The summed E-state index contributed by atoms with van der Waals surface area (Å²) in [6.45, 7) is 7.56. The Labute approximate surface area is 86.6 Å². The summed E-state index contributed by atoms with van der Waals surface area (Å²) in [6, 6.07) is 0. The predicted octanol–water partition coefficient (Wildman–Crippen LogP) is 2.84. The van der Waals surface area contributed by atoms with Gasteiger partial charge in [0.15, 0.2) is 0 Å².